The van der Waals surface area contributed by atoms with Crippen LogP contribution in [0.4, 0.5) is 0 Å². The number of nitrogens with one attached hydrogen (secondary N) is 1. The molecule has 0 unspecified atom stereocenters. The number of halogens is 1. The van der Waals surface area contributed by atoms with Crippen molar-refractivity contribution < 1.29 is 4.74 Å². The lowest BCUT2D eigenvalue weighted by molar-refractivity contribution is 0.0530. The molecule has 1 aromatic carbocycles. The van der Waals surface area contributed by atoms with Crippen LogP contribution in [0.1, 0.15) is 45.6 Å². The van der Waals surface area contributed by atoms with Crippen molar-refractivity contribution in [3.05, 3.63) is 35.9 Å². The molecule has 2 saturated heterocycles. The highest BCUT2D eigenvalue weighted by Crippen LogP contribution is 2.35. The zero-order valence-corrected chi connectivity index (χ0v) is 18.8. The Balaban J connectivity index is 0.00000243. The molecule has 0 saturated carbocycles. The molecule has 2 fully saturated rings. The van der Waals surface area contributed by atoms with Gasteiger partial charge in [-0.05, 0) is 37.2 Å². The maximum absolute atomic E-state index is 5.65. The third-order valence-electron chi connectivity index (χ3n) is 5.68. The van der Waals surface area contributed by atoms with E-state index in [2.05, 4.69) is 61.3 Å². The van der Waals surface area contributed by atoms with Crippen molar-refractivity contribution in [3.8, 4) is 0 Å². The Morgan fingerprint density at radius 3 is 2.42 bits per heavy atom. The van der Waals surface area contributed by atoms with E-state index in [9.17, 15) is 0 Å². The number of hydrogen-bond donors (Lipinski definition) is 1. The van der Waals surface area contributed by atoms with Crippen LogP contribution in [-0.2, 0) is 10.2 Å². The SMILES string of the molecule is CCNC(=NCC1(c2ccccc2)CCOCC1)N1CCC(C)(C)C1.I. The minimum absolute atomic E-state index is 0. The molecule has 1 aromatic rings. The standard InChI is InChI=1S/C21H33N3O.HI/c1-4-22-19(24-13-10-20(2,3)17-24)23-16-21(11-14-25-15-12-21)18-8-6-5-7-9-18;/h5-9H,4,10-17H2,1-3H3,(H,22,23);1H. The molecule has 2 aliphatic heterocycles. The minimum atomic E-state index is 0. The molecule has 0 amide bonds. The van der Waals surface area contributed by atoms with Crippen LogP contribution in [0.3, 0.4) is 0 Å². The molecule has 1 N–H and O–H groups in total. The number of likely N-dealkylation sites (tertiary alicyclic amines) is 1. The monoisotopic (exact) mass is 471 g/mol. The first-order chi connectivity index (χ1) is 12.0. The van der Waals surface area contributed by atoms with E-state index < -0.39 is 0 Å². The van der Waals surface area contributed by atoms with Gasteiger partial charge in [0.2, 0.25) is 0 Å². The molecule has 0 atom stereocenters. The summed E-state index contributed by atoms with van der Waals surface area (Å²) in [5.41, 5.74) is 1.89. The number of benzene rings is 1. The number of guanidine groups is 1. The topological polar surface area (TPSA) is 36.9 Å². The van der Waals surface area contributed by atoms with E-state index in [4.69, 9.17) is 9.73 Å². The van der Waals surface area contributed by atoms with Gasteiger partial charge in [-0.15, -0.1) is 24.0 Å². The fourth-order valence-electron chi connectivity index (χ4n) is 4.04. The van der Waals surface area contributed by atoms with Crippen LogP contribution in [0.2, 0.25) is 0 Å². The van der Waals surface area contributed by atoms with E-state index >= 15 is 0 Å². The molecule has 0 aliphatic carbocycles. The highest BCUT2D eigenvalue weighted by atomic mass is 127. The second-order valence-electron chi connectivity index (χ2n) is 8.26. The van der Waals surface area contributed by atoms with Crippen LogP contribution in [0.15, 0.2) is 35.3 Å². The van der Waals surface area contributed by atoms with Crippen LogP contribution < -0.4 is 5.32 Å². The summed E-state index contributed by atoms with van der Waals surface area (Å²) in [6.45, 7) is 12.4. The normalized spacial score (nSPS) is 22.0. The first kappa shape index (κ1) is 21.5. The second kappa shape index (κ2) is 9.40. The number of nitrogens with zero attached hydrogens (tertiary/aromatic N) is 2. The Kier molecular flexibility index (Phi) is 7.76. The maximum atomic E-state index is 5.65. The predicted octanol–water partition coefficient (Wildman–Crippen LogP) is 4.05. The van der Waals surface area contributed by atoms with Gasteiger partial charge < -0.3 is 15.0 Å². The van der Waals surface area contributed by atoms with Crippen LogP contribution in [0.5, 0.6) is 0 Å². The summed E-state index contributed by atoms with van der Waals surface area (Å²) >= 11 is 0. The zero-order chi connectivity index (χ0) is 17.8. The average molecular weight is 471 g/mol. The van der Waals surface area contributed by atoms with Gasteiger partial charge >= 0.3 is 0 Å². The maximum Gasteiger partial charge on any atom is 0.193 e. The van der Waals surface area contributed by atoms with E-state index in [0.29, 0.717) is 5.41 Å². The van der Waals surface area contributed by atoms with Crippen molar-refractivity contribution in [1.82, 2.24) is 10.2 Å². The molecule has 0 bridgehead atoms. The van der Waals surface area contributed by atoms with Crippen LogP contribution in [0.25, 0.3) is 0 Å². The van der Waals surface area contributed by atoms with E-state index in [1.54, 1.807) is 0 Å². The second-order valence-corrected chi connectivity index (χ2v) is 8.26. The lowest BCUT2D eigenvalue weighted by atomic mass is 9.74. The van der Waals surface area contributed by atoms with Gasteiger partial charge in [0.25, 0.3) is 0 Å². The summed E-state index contributed by atoms with van der Waals surface area (Å²) in [6.07, 6.45) is 3.33. The third-order valence-corrected chi connectivity index (χ3v) is 5.68. The van der Waals surface area contributed by atoms with Crippen molar-refractivity contribution in [3.63, 3.8) is 0 Å². The molecule has 0 spiro atoms. The third kappa shape index (κ3) is 5.12. The van der Waals surface area contributed by atoms with Gasteiger partial charge in [0.1, 0.15) is 0 Å². The van der Waals surface area contributed by atoms with E-state index in [1.807, 2.05) is 0 Å². The Morgan fingerprint density at radius 2 is 1.85 bits per heavy atom. The largest absolute Gasteiger partial charge is 0.381 e. The molecule has 0 radical (unpaired) electrons. The lowest BCUT2D eigenvalue weighted by Gasteiger charge is -2.37. The minimum Gasteiger partial charge on any atom is -0.381 e. The summed E-state index contributed by atoms with van der Waals surface area (Å²) in [7, 11) is 0. The Morgan fingerprint density at radius 1 is 1.15 bits per heavy atom. The van der Waals surface area contributed by atoms with Crippen molar-refractivity contribution in [2.75, 3.05) is 39.4 Å². The summed E-state index contributed by atoms with van der Waals surface area (Å²) in [4.78, 5) is 7.54. The molecule has 3 rings (SSSR count). The fraction of sp³-hybridized carbons (Fsp3) is 0.667. The first-order valence-electron chi connectivity index (χ1n) is 9.71. The van der Waals surface area contributed by atoms with Gasteiger partial charge in [0.05, 0.1) is 6.54 Å². The van der Waals surface area contributed by atoms with Crippen molar-refractivity contribution in [1.29, 1.82) is 0 Å². The first-order valence-corrected chi connectivity index (χ1v) is 9.71. The van der Waals surface area contributed by atoms with Crippen molar-refractivity contribution >= 4 is 29.9 Å². The van der Waals surface area contributed by atoms with Crippen LogP contribution >= 0.6 is 24.0 Å². The number of ether oxygens (including phenoxy) is 1. The summed E-state index contributed by atoms with van der Waals surface area (Å²) < 4.78 is 5.65. The van der Waals surface area contributed by atoms with E-state index in [1.165, 1.54) is 12.0 Å². The molecule has 146 valence electrons. The highest BCUT2D eigenvalue weighted by Gasteiger charge is 2.35. The smallest absolute Gasteiger partial charge is 0.193 e. The van der Waals surface area contributed by atoms with Gasteiger partial charge in [-0.3, -0.25) is 4.99 Å². The summed E-state index contributed by atoms with van der Waals surface area (Å²) in [5.74, 6) is 1.08. The van der Waals surface area contributed by atoms with Gasteiger partial charge in [-0.1, -0.05) is 44.2 Å². The molecule has 0 aromatic heterocycles. The van der Waals surface area contributed by atoms with Gasteiger partial charge in [-0.2, -0.15) is 0 Å². The lowest BCUT2D eigenvalue weighted by Crippen LogP contribution is -2.43. The predicted molar refractivity (Wildman–Crippen MR) is 120 cm³/mol. The fourth-order valence-corrected chi connectivity index (χ4v) is 4.04. The van der Waals surface area contributed by atoms with E-state index in [0.717, 1.165) is 58.2 Å². The van der Waals surface area contributed by atoms with Crippen molar-refractivity contribution in [2.45, 2.75) is 45.4 Å². The Hall–Kier alpha value is -0.820. The van der Waals surface area contributed by atoms with Crippen LogP contribution in [0, 0.1) is 5.41 Å². The summed E-state index contributed by atoms with van der Waals surface area (Å²) in [6, 6.07) is 10.9. The average Bonchev–Trinajstić information content (AvgIpc) is 3.00. The number of aliphatic imine (C=N–C) groups is 1. The molecule has 2 aliphatic rings. The molecular formula is C21H34IN3O. The molecule has 26 heavy (non-hydrogen) atoms. The quantitative estimate of drug-likeness (QED) is 0.409. The van der Waals surface area contributed by atoms with Crippen molar-refractivity contribution in [2.24, 2.45) is 10.4 Å². The highest BCUT2D eigenvalue weighted by molar-refractivity contribution is 14.0. The number of rotatable bonds is 4. The van der Waals surface area contributed by atoms with Crippen LogP contribution in [-0.4, -0.2) is 50.3 Å². The van der Waals surface area contributed by atoms with Gasteiger partial charge in [0.15, 0.2) is 5.96 Å². The van der Waals surface area contributed by atoms with Gasteiger partial charge in [-0.25, -0.2) is 0 Å². The summed E-state index contributed by atoms with van der Waals surface area (Å²) in [5, 5.41) is 3.52. The Labute approximate surface area is 175 Å². The number of hydrogen-bond acceptors (Lipinski definition) is 2. The molecule has 5 heteroatoms. The van der Waals surface area contributed by atoms with Gasteiger partial charge in [0, 0.05) is 38.3 Å². The zero-order valence-electron chi connectivity index (χ0n) is 16.5. The molecule has 4 nitrogen and oxygen atoms in total. The van der Waals surface area contributed by atoms with E-state index in [-0.39, 0.29) is 29.4 Å². The molecular weight excluding hydrogens is 437 g/mol. The Bertz CT molecular complexity index is 582. The molecule has 2 heterocycles.